The van der Waals surface area contributed by atoms with E-state index in [1.807, 2.05) is 61.1 Å². The Kier molecular flexibility index (Phi) is 4.58. The van der Waals surface area contributed by atoms with Crippen molar-refractivity contribution in [2.75, 3.05) is 12.4 Å². The molecule has 0 spiro atoms. The maximum absolute atomic E-state index is 12.1. The predicted molar refractivity (Wildman–Crippen MR) is 81.7 cm³/mol. The summed E-state index contributed by atoms with van der Waals surface area (Å²) in [7, 11) is 1.91. The first-order valence-electron chi connectivity index (χ1n) is 6.79. The minimum absolute atomic E-state index is 0.0138. The van der Waals surface area contributed by atoms with Crippen LogP contribution in [0.4, 0.5) is 5.69 Å². The van der Waals surface area contributed by atoms with Crippen LogP contribution in [0.3, 0.4) is 0 Å². The molecule has 0 fully saturated rings. The maximum atomic E-state index is 12.1. The molecule has 1 aromatic heterocycles. The highest BCUT2D eigenvalue weighted by Gasteiger charge is 2.11. The van der Waals surface area contributed by atoms with Gasteiger partial charge >= 0.3 is 0 Å². The van der Waals surface area contributed by atoms with Crippen LogP contribution in [0.25, 0.3) is 0 Å². The lowest BCUT2D eigenvalue weighted by molar-refractivity contribution is -0.116. The van der Waals surface area contributed by atoms with Crippen molar-refractivity contribution in [3.05, 3.63) is 53.9 Å². The highest BCUT2D eigenvalue weighted by atomic mass is 16.1. The second-order valence-electron chi connectivity index (χ2n) is 4.93. The average Bonchev–Trinajstić information content (AvgIpc) is 2.88. The number of carbonyl (C=O) groups excluding carboxylic acids is 1. The Bertz CT molecular complexity index is 589. The smallest absolute Gasteiger partial charge is 0.244 e. The number of aromatic nitrogens is 1. The zero-order valence-electron chi connectivity index (χ0n) is 12.2. The third-order valence-electron chi connectivity index (χ3n) is 3.47. The Morgan fingerprint density at radius 1 is 1.25 bits per heavy atom. The number of nitrogens with one attached hydrogen (secondary N) is 2. The van der Waals surface area contributed by atoms with E-state index < -0.39 is 0 Å². The van der Waals surface area contributed by atoms with Crippen molar-refractivity contribution in [1.82, 2.24) is 9.88 Å². The Hall–Kier alpha value is -2.07. The van der Waals surface area contributed by atoms with Gasteiger partial charge in [-0.2, -0.15) is 0 Å². The van der Waals surface area contributed by atoms with Crippen LogP contribution in [-0.4, -0.2) is 17.5 Å². The second kappa shape index (κ2) is 6.39. The van der Waals surface area contributed by atoms with Crippen LogP contribution >= 0.6 is 0 Å². The largest absolute Gasteiger partial charge is 0.341 e. The number of amides is 1. The third kappa shape index (κ3) is 3.27. The van der Waals surface area contributed by atoms with Gasteiger partial charge in [0.1, 0.15) is 6.54 Å². The molecule has 0 bridgehead atoms. The van der Waals surface area contributed by atoms with Crippen LogP contribution in [0.2, 0.25) is 0 Å². The van der Waals surface area contributed by atoms with Crippen molar-refractivity contribution in [3.63, 3.8) is 0 Å². The number of nitrogens with zero attached hydrogens (tertiary/aromatic N) is 1. The van der Waals surface area contributed by atoms with E-state index >= 15 is 0 Å². The van der Waals surface area contributed by atoms with Crippen LogP contribution in [0.1, 0.15) is 24.2 Å². The molecule has 1 unspecified atom stereocenters. The highest BCUT2D eigenvalue weighted by Crippen LogP contribution is 2.15. The standard InChI is InChI=1S/C16H21N3O/c1-12-7-4-5-8-14(12)18-16(20)11-19-10-6-9-15(19)13(2)17-3/h4-10,13,17H,11H2,1-3H3,(H,18,20). The molecule has 1 aromatic carbocycles. The zero-order chi connectivity index (χ0) is 14.5. The third-order valence-corrected chi connectivity index (χ3v) is 3.47. The van der Waals surface area contributed by atoms with Crippen molar-refractivity contribution < 1.29 is 4.79 Å². The van der Waals surface area contributed by atoms with E-state index in [9.17, 15) is 4.79 Å². The Labute approximate surface area is 119 Å². The molecule has 1 atom stereocenters. The second-order valence-corrected chi connectivity index (χ2v) is 4.93. The van der Waals surface area contributed by atoms with Crippen LogP contribution in [0, 0.1) is 6.92 Å². The predicted octanol–water partition coefficient (Wildman–Crippen LogP) is 2.72. The van der Waals surface area contributed by atoms with Gasteiger partial charge in [-0.3, -0.25) is 4.79 Å². The molecule has 0 saturated heterocycles. The normalized spacial score (nSPS) is 12.2. The molecule has 0 saturated carbocycles. The summed E-state index contributed by atoms with van der Waals surface area (Å²) in [6.07, 6.45) is 1.93. The molecule has 2 rings (SSSR count). The van der Waals surface area contributed by atoms with Crippen molar-refractivity contribution >= 4 is 11.6 Å². The van der Waals surface area contributed by atoms with Crippen LogP contribution < -0.4 is 10.6 Å². The number of rotatable bonds is 5. The Morgan fingerprint density at radius 3 is 2.70 bits per heavy atom. The minimum atomic E-state index is -0.0138. The summed E-state index contributed by atoms with van der Waals surface area (Å²) >= 11 is 0. The quantitative estimate of drug-likeness (QED) is 0.878. The highest BCUT2D eigenvalue weighted by molar-refractivity contribution is 5.91. The van der Waals surface area contributed by atoms with Crippen molar-refractivity contribution in [2.24, 2.45) is 0 Å². The number of hydrogen-bond donors (Lipinski definition) is 2. The molecular formula is C16H21N3O. The topological polar surface area (TPSA) is 46.1 Å². The van der Waals surface area contributed by atoms with E-state index in [-0.39, 0.29) is 11.9 Å². The molecule has 1 heterocycles. The van der Waals surface area contributed by atoms with E-state index in [4.69, 9.17) is 0 Å². The first-order chi connectivity index (χ1) is 9.61. The van der Waals surface area contributed by atoms with E-state index in [1.165, 1.54) is 0 Å². The molecule has 0 radical (unpaired) electrons. The average molecular weight is 271 g/mol. The van der Waals surface area contributed by atoms with E-state index in [1.54, 1.807) is 0 Å². The molecule has 20 heavy (non-hydrogen) atoms. The fourth-order valence-corrected chi connectivity index (χ4v) is 2.17. The van der Waals surface area contributed by atoms with Gasteiger partial charge in [0.05, 0.1) is 0 Å². The molecule has 0 aliphatic carbocycles. The number of hydrogen-bond acceptors (Lipinski definition) is 2. The summed E-state index contributed by atoms with van der Waals surface area (Å²) in [5, 5.41) is 6.14. The monoisotopic (exact) mass is 271 g/mol. The SMILES string of the molecule is CNC(C)c1cccn1CC(=O)Nc1ccccc1C. The lowest BCUT2D eigenvalue weighted by Crippen LogP contribution is -2.23. The summed E-state index contributed by atoms with van der Waals surface area (Å²) in [5.74, 6) is -0.0138. The number of anilines is 1. The fourth-order valence-electron chi connectivity index (χ4n) is 2.17. The van der Waals surface area contributed by atoms with Crippen molar-refractivity contribution in [3.8, 4) is 0 Å². The molecule has 4 nitrogen and oxygen atoms in total. The summed E-state index contributed by atoms with van der Waals surface area (Å²) in [5.41, 5.74) is 3.04. The molecule has 2 N–H and O–H groups in total. The van der Waals surface area contributed by atoms with Crippen molar-refractivity contribution in [2.45, 2.75) is 26.4 Å². The van der Waals surface area contributed by atoms with Gasteiger partial charge in [-0.05, 0) is 44.7 Å². The lowest BCUT2D eigenvalue weighted by Gasteiger charge is -2.15. The van der Waals surface area contributed by atoms with Gasteiger partial charge in [0.2, 0.25) is 5.91 Å². The molecule has 106 valence electrons. The summed E-state index contributed by atoms with van der Waals surface area (Å²) in [6.45, 7) is 4.38. The van der Waals surface area contributed by atoms with Crippen molar-refractivity contribution in [1.29, 1.82) is 0 Å². The van der Waals surface area contributed by atoms with E-state index in [0.29, 0.717) is 6.54 Å². The molecule has 1 amide bonds. The molecule has 0 aliphatic heterocycles. The number of carbonyl (C=O) groups is 1. The fraction of sp³-hybridized carbons (Fsp3) is 0.312. The summed E-state index contributed by atoms with van der Waals surface area (Å²) < 4.78 is 1.97. The van der Waals surface area contributed by atoms with E-state index in [0.717, 1.165) is 16.9 Å². The van der Waals surface area contributed by atoms with Crippen LogP contribution in [0.15, 0.2) is 42.6 Å². The van der Waals surface area contributed by atoms with Gasteiger partial charge in [0.25, 0.3) is 0 Å². The maximum Gasteiger partial charge on any atom is 0.244 e. The minimum Gasteiger partial charge on any atom is -0.341 e. The lowest BCUT2D eigenvalue weighted by atomic mass is 10.2. The van der Waals surface area contributed by atoms with Gasteiger partial charge < -0.3 is 15.2 Å². The van der Waals surface area contributed by atoms with Gasteiger partial charge in [0, 0.05) is 23.6 Å². The van der Waals surface area contributed by atoms with Gasteiger partial charge in [-0.25, -0.2) is 0 Å². The zero-order valence-corrected chi connectivity index (χ0v) is 12.2. The molecule has 2 aromatic rings. The van der Waals surface area contributed by atoms with E-state index in [2.05, 4.69) is 17.6 Å². The van der Waals surface area contributed by atoms with Gasteiger partial charge in [-0.15, -0.1) is 0 Å². The first kappa shape index (κ1) is 14.3. The van der Waals surface area contributed by atoms with Gasteiger partial charge in [0.15, 0.2) is 0 Å². The molecule has 4 heteroatoms. The Balaban J connectivity index is 2.06. The number of benzene rings is 1. The molecular weight excluding hydrogens is 250 g/mol. The number of aryl methyl sites for hydroxylation is 1. The van der Waals surface area contributed by atoms with Crippen LogP contribution in [-0.2, 0) is 11.3 Å². The Morgan fingerprint density at radius 2 is 2.00 bits per heavy atom. The molecule has 0 aliphatic rings. The first-order valence-corrected chi connectivity index (χ1v) is 6.79. The van der Waals surface area contributed by atoms with Gasteiger partial charge in [-0.1, -0.05) is 18.2 Å². The summed E-state index contributed by atoms with van der Waals surface area (Å²) in [4.78, 5) is 12.1. The number of para-hydroxylation sites is 1. The summed E-state index contributed by atoms with van der Waals surface area (Å²) in [6, 6.07) is 12.0. The van der Waals surface area contributed by atoms with Crippen LogP contribution in [0.5, 0.6) is 0 Å².